The number of benzene rings is 2. The molecule has 2 aromatic carbocycles. The first-order valence-electron chi connectivity index (χ1n) is 14.3. The summed E-state index contributed by atoms with van der Waals surface area (Å²) in [5, 5.41) is 10.2. The van der Waals surface area contributed by atoms with Crippen LogP contribution in [0.1, 0.15) is 52.8 Å². The van der Waals surface area contributed by atoms with Crippen molar-refractivity contribution in [2.75, 3.05) is 26.3 Å². The third-order valence-electron chi connectivity index (χ3n) is 8.19. The van der Waals surface area contributed by atoms with E-state index in [1.807, 2.05) is 36.4 Å². The first kappa shape index (κ1) is 26.9. The topological polar surface area (TPSA) is 98.9 Å². The zero-order chi connectivity index (χ0) is 28.6. The number of fused-ring (bicyclic) bond motifs is 2. The lowest BCUT2D eigenvalue weighted by atomic mass is 10.0. The molecule has 0 amide bonds. The van der Waals surface area contributed by atoms with Gasteiger partial charge in [0.25, 0.3) is 0 Å². The summed E-state index contributed by atoms with van der Waals surface area (Å²) in [5.74, 6) is 1.34. The van der Waals surface area contributed by atoms with Crippen molar-refractivity contribution < 1.29 is 24.1 Å². The lowest BCUT2D eigenvalue weighted by molar-refractivity contribution is -0.0591. The standard InChI is InChI=1S/C32H31ClN4O5/c33-22-5-6-24-28(11-15-41-29(24)17-22)42-31-3-1-2-25(35-31)20-8-12-36(13-9-20)19-30-34-26-7-4-21(32(38)39)16-27(26)37(30)18-23-10-14-40-23/h1-8,16-17,23,28H,9-15,18-19H2,(H,38,39)/t23-,28?/m0/s1. The van der Waals surface area contributed by atoms with E-state index in [1.54, 1.807) is 18.2 Å². The molecular formula is C32H31ClN4O5. The van der Waals surface area contributed by atoms with Crippen molar-refractivity contribution in [3.63, 3.8) is 0 Å². The van der Waals surface area contributed by atoms with Gasteiger partial charge in [-0.2, -0.15) is 0 Å². The Labute approximate surface area is 248 Å². The van der Waals surface area contributed by atoms with Crippen molar-refractivity contribution >= 4 is 34.2 Å². The summed E-state index contributed by atoms with van der Waals surface area (Å²) < 4.78 is 19.9. The van der Waals surface area contributed by atoms with Gasteiger partial charge in [0.05, 0.1) is 48.1 Å². The van der Waals surface area contributed by atoms with E-state index in [1.165, 1.54) is 5.57 Å². The molecule has 1 fully saturated rings. The molecule has 7 rings (SSSR count). The summed E-state index contributed by atoms with van der Waals surface area (Å²) >= 11 is 6.15. The maximum absolute atomic E-state index is 11.6. The first-order chi connectivity index (χ1) is 20.5. The van der Waals surface area contributed by atoms with Crippen LogP contribution in [0.2, 0.25) is 5.02 Å². The van der Waals surface area contributed by atoms with E-state index < -0.39 is 5.97 Å². The number of halogens is 1. The second-order valence-corrected chi connectivity index (χ2v) is 11.4. The maximum atomic E-state index is 11.6. The fraction of sp³-hybridized carbons (Fsp3) is 0.344. The van der Waals surface area contributed by atoms with Crippen molar-refractivity contribution in [2.45, 2.75) is 44.6 Å². The van der Waals surface area contributed by atoms with Gasteiger partial charge in [-0.25, -0.2) is 14.8 Å². The first-order valence-corrected chi connectivity index (χ1v) is 14.7. The highest BCUT2D eigenvalue weighted by Gasteiger charge is 2.26. The lowest BCUT2D eigenvalue weighted by Gasteiger charge is -2.29. The van der Waals surface area contributed by atoms with Crippen molar-refractivity contribution in [1.82, 2.24) is 19.4 Å². The van der Waals surface area contributed by atoms with E-state index >= 15 is 0 Å². The number of carboxylic acid groups (broad SMARTS) is 1. The quantitative estimate of drug-likeness (QED) is 0.278. The molecule has 9 nitrogen and oxygen atoms in total. The van der Waals surface area contributed by atoms with Crippen LogP contribution >= 0.6 is 11.6 Å². The monoisotopic (exact) mass is 586 g/mol. The smallest absolute Gasteiger partial charge is 0.335 e. The van der Waals surface area contributed by atoms with Gasteiger partial charge in [0.2, 0.25) is 5.88 Å². The van der Waals surface area contributed by atoms with E-state index in [0.717, 1.165) is 72.8 Å². The normalized spacial score (nSPS) is 20.4. The fourth-order valence-corrected chi connectivity index (χ4v) is 5.97. The Kier molecular flexibility index (Phi) is 7.31. The Hall–Kier alpha value is -3.92. The molecule has 1 N–H and O–H groups in total. The molecule has 2 atom stereocenters. The number of carboxylic acids is 1. The highest BCUT2D eigenvalue weighted by Crippen LogP contribution is 2.37. The molecule has 10 heteroatoms. The SMILES string of the molecule is O=C(O)c1ccc2nc(CN3CC=C(c4cccc(OC5CCOc6cc(Cl)ccc65)n4)CC3)n(C[C@@H]3CCO3)c2c1. The minimum Gasteiger partial charge on any atom is -0.493 e. The molecule has 0 spiro atoms. The van der Waals surface area contributed by atoms with E-state index in [9.17, 15) is 9.90 Å². The van der Waals surface area contributed by atoms with Gasteiger partial charge in [0.1, 0.15) is 17.7 Å². The zero-order valence-electron chi connectivity index (χ0n) is 23.0. The molecule has 0 aliphatic carbocycles. The fourth-order valence-electron chi connectivity index (χ4n) is 5.81. The number of ether oxygens (including phenoxy) is 3. The van der Waals surface area contributed by atoms with Gasteiger partial charge in [-0.1, -0.05) is 29.8 Å². The Bertz CT molecular complexity index is 1680. The van der Waals surface area contributed by atoms with Gasteiger partial charge in [-0.05, 0) is 54.8 Å². The highest BCUT2D eigenvalue weighted by molar-refractivity contribution is 6.30. The van der Waals surface area contributed by atoms with Gasteiger partial charge >= 0.3 is 5.97 Å². The second kappa shape index (κ2) is 11.4. The van der Waals surface area contributed by atoms with Gasteiger partial charge in [0.15, 0.2) is 0 Å². The average molecular weight is 587 g/mol. The molecular weight excluding hydrogens is 556 g/mol. The van der Waals surface area contributed by atoms with Gasteiger partial charge in [-0.15, -0.1) is 0 Å². The Balaban J connectivity index is 1.06. The number of aromatic carboxylic acids is 1. The number of pyridine rings is 1. The van der Waals surface area contributed by atoms with Crippen LogP contribution < -0.4 is 9.47 Å². The molecule has 2 aromatic heterocycles. The van der Waals surface area contributed by atoms with Crippen LogP contribution in [0.3, 0.4) is 0 Å². The number of hydrogen-bond acceptors (Lipinski definition) is 7. The van der Waals surface area contributed by atoms with Crippen molar-refractivity contribution in [3.05, 3.63) is 88.3 Å². The van der Waals surface area contributed by atoms with Gasteiger partial charge in [0, 0.05) is 42.8 Å². The van der Waals surface area contributed by atoms with Crippen LogP contribution in [0.15, 0.2) is 60.7 Å². The molecule has 42 heavy (non-hydrogen) atoms. The molecule has 0 saturated carbocycles. The van der Waals surface area contributed by atoms with Gasteiger partial charge in [-0.3, -0.25) is 4.90 Å². The number of aromatic nitrogens is 3. The summed E-state index contributed by atoms with van der Waals surface area (Å²) in [7, 11) is 0. The van der Waals surface area contributed by atoms with E-state index in [4.69, 9.17) is 35.8 Å². The van der Waals surface area contributed by atoms with Crippen LogP contribution in [0.5, 0.6) is 11.6 Å². The summed E-state index contributed by atoms with van der Waals surface area (Å²) in [6.45, 7) is 4.30. The molecule has 5 heterocycles. The van der Waals surface area contributed by atoms with Crippen molar-refractivity contribution in [1.29, 1.82) is 0 Å². The summed E-state index contributed by atoms with van der Waals surface area (Å²) in [5.41, 5.74) is 5.01. The number of hydrogen-bond donors (Lipinski definition) is 1. The van der Waals surface area contributed by atoms with Crippen LogP contribution in [0.25, 0.3) is 16.6 Å². The third-order valence-corrected chi connectivity index (χ3v) is 8.42. The molecule has 0 radical (unpaired) electrons. The summed E-state index contributed by atoms with van der Waals surface area (Å²) in [4.78, 5) is 23.7. The number of rotatable bonds is 8. The number of imidazole rings is 1. The zero-order valence-corrected chi connectivity index (χ0v) is 23.8. The Morgan fingerprint density at radius 3 is 2.79 bits per heavy atom. The van der Waals surface area contributed by atoms with Crippen LogP contribution in [0, 0.1) is 0 Å². The van der Waals surface area contributed by atoms with Crippen molar-refractivity contribution in [3.8, 4) is 11.6 Å². The van der Waals surface area contributed by atoms with E-state index in [-0.39, 0.29) is 17.8 Å². The maximum Gasteiger partial charge on any atom is 0.335 e. The van der Waals surface area contributed by atoms with E-state index in [0.29, 0.717) is 30.6 Å². The molecule has 0 bridgehead atoms. The minimum absolute atomic E-state index is 0.135. The average Bonchev–Trinajstić information content (AvgIpc) is 3.31. The predicted molar refractivity (Wildman–Crippen MR) is 158 cm³/mol. The largest absolute Gasteiger partial charge is 0.493 e. The Morgan fingerprint density at radius 2 is 2.00 bits per heavy atom. The molecule has 3 aliphatic heterocycles. The van der Waals surface area contributed by atoms with E-state index in [2.05, 4.69) is 15.5 Å². The number of carbonyl (C=O) groups is 1. The van der Waals surface area contributed by atoms with Crippen LogP contribution in [0.4, 0.5) is 0 Å². The highest BCUT2D eigenvalue weighted by atomic mass is 35.5. The molecule has 216 valence electrons. The molecule has 3 aliphatic rings. The summed E-state index contributed by atoms with van der Waals surface area (Å²) in [6.07, 6.45) is 4.82. The molecule has 1 saturated heterocycles. The Morgan fingerprint density at radius 1 is 1.10 bits per heavy atom. The second-order valence-electron chi connectivity index (χ2n) is 10.9. The predicted octanol–water partition coefficient (Wildman–Crippen LogP) is 5.76. The number of nitrogens with zero attached hydrogens (tertiary/aromatic N) is 4. The van der Waals surface area contributed by atoms with Crippen LogP contribution in [-0.2, 0) is 17.8 Å². The van der Waals surface area contributed by atoms with Gasteiger partial charge < -0.3 is 23.9 Å². The van der Waals surface area contributed by atoms with Crippen LogP contribution in [-0.4, -0.2) is 62.9 Å². The lowest BCUT2D eigenvalue weighted by Crippen LogP contribution is -2.33. The summed E-state index contributed by atoms with van der Waals surface area (Å²) in [6, 6.07) is 16.7. The van der Waals surface area contributed by atoms with Crippen molar-refractivity contribution in [2.24, 2.45) is 0 Å². The molecule has 1 unspecified atom stereocenters. The minimum atomic E-state index is -0.939. The third kappa shape index (κ3) is 5.47. The molecule has 4 aromatic rings.